The van der Waals surface area contributed by atoms with Crippen molar-refractivity contribution < 1.29 is 22.6 Å². The van der Waals surface area contributed by atoms with Crippen molar-refractivity contribution in [3.63, 3.8) is 0 Å². The fourth-order valence-electron chi connectivity index (χ4n) is 3.74. The maximum Gasteiger partial charge on any atom is 0.433 e. The second-order valence-corrected chi connectivity index (χ2v) is 7.20. The first-order valence-corrected chi connectivity index (χ1v) is 9.74. The highest BCUT2D eigenvalue weighted by Gasteiger charge is 2.36. The largest absolute Gasteiger partial charge is 0.494 e. The van der Waals surface area contributed by atoms with Crippen LogP contribution in [-0.4, -0.2) is 45.9 Å². The molecule has 1 N–H and O–H groups in total. The molecule has 0 saturated carbocycles. The minimum atomic E-state index is -4.57. The maximum atomic E-state index is 13.3. The second kappa shape index (κ2) is 8.10. The van der Waals surface area contributed by atoms with E-state index in [0.29, 0.717) is 26.4 Å². The highest BCUT2D eigenvalue weighted by atomic mass is 19.4. The first-order chi connectivity index (χ1) is 14.4. The summed E-state index contributed by atoms with van der Waals surface area (Å²) in [5.74, 6) is 0.876. The Morgan fingerprint density at radius 1 is 1.20 bits per heavy atom. The van der Waals surface area contributed by atoms with Crippen LogP contribution in [0.25, 0.3) is 5.78 Å². The number of hydrogen-bond acceptors (Lipinski definition) is 6. The number of rotatable bonds is 6. The third-order valence-electron chi connectivity index (χ3n) is 5.38. The van der Waals surface area contributed by atoms with E-state index in [1.165, 1.54) is 10.8 Å². The van der Waals surface area contributed by atoms with Gasteiger partial charge < -0.3 is 14.8 Å². The van der Waals surface area contributed by atoms with Crippen LogP contribution in [0.15, 0.2) is 36.7 Å². The van der Waals surface area contributed by atoms with Gasteiger partial charge in [-0.05, 0) is 37.5 Å². The van der Waals surface area contributed by atoms with E-state index in [1.807, 2.05) is 31.2 Å². The van der Waals surface area contributed by atoms with Crippen LogP contribution in [0.4, 0.5) is 19.0 Å². The van der Waals surface area contributed by atoms with Gasteiger partial charge in [0.1, 0.15) is 17.9 Å². The molecule has 0 spiro atoms. The van der Waals surface area contributed by atoms with Crippen LogP contribution < -0.4 is 10.1 Å². The molecule has 1 saturated heterocycles. The van der Waals surface area contributed by atoms with Gasteiger partial charge in [0.2, 0.25) is 0 Å². The zero-order valence-electron chi connectivity index (χ0n) is 16.4. The molecule has 0 unspecified atom stereocenters. The van der Waals surface area contributed by atoms with Gasteiger partial charge >= 0.3 is 6.18 Å². The number of nitrogens with one attached hydrogen (secondary N) is 1. The lowest BCUT2D eigenvalue weighted by atomic mass is 9.74. The fourth-order valence-corrected chi connectivity index (χ4v) is 3.74. The minimum absolute atomic E-state index is 0.102. The molecule has 3 aromatic rings. The number of alkyl halides is 3. The molecule has 30 heavy (non-hydrogen) atoms. The van der Waals surface area contributed by atoms with Crippen LogP contribution in [-0.2, 0) is 16.3 Å². The topological polar surface area (TPSA) is 73.6 Å². The van der Waals surface area contributed by atoms with Crippen molar-refractivity contribution in [2.24, 2.45) is 0 Å². The Morgan fingerprint density at radius 2 is 1.93 bits per heavy atom. The zero-order chi connectivity index (χ0) is 21.2. The summed E-state index contributed by atoms with van der Waals surface area (Å²) in [6.45, 7) is 4.08. The maximum absolute atomic E-state index is 13.3. The Balaban J connectivity index is 1.64. The molecule has 1 aliphatic heterocycles. The molecule has 160 valence electrons. The van der Waals surface area contributed by atoms with Crippen LogP contribution in [0, 0.1) is 0 Å². The van der Waals surface area contributed by atoms with Gasteiger partial charge in [-0.1, -0.05) is 12.1 Å². The summed E-state index contributed by atoms with van der Waals surface area (Å²) in [6.07, 6.45) is -1.91. The molecular formula is C20H22F3N5O2. The van der Waals surface area contributed by atoms with Crippen LogP contribution in [0.1, 0.15) is 31.0 Å². The summed E-state index contributed by atoms with van der Waals surface area (Å²) in [5.41, 5.74) is -0.216. The van der Waals surface area contributed by atoms with Crippen molar-refractivity contribution in [2.75, 3.05) is 31.7 Å². The summed E-state index contributed by atoms with van der Waals surface area (Å²) in [6, 6.07) is 8.82. The van der Waals surface area contributed by atoms with Gasteiger partial charge in [0.05, 0.1) is 6.61 Å². The summed E-state index contributed by atoms with van der Waals surface area (Å²) >= 11 is 0. The molecular weight excluding hydrogens is 399 g/mol. The number of hydrogen-bond donors (Lipinski definition) is 1. The Bertz CT molecular complexity index is 998. The highest BCUT2D eigenvalue weighted by Crippen LogP contribution is 2.36. The second-order valence-electron chi connectivity index (χ2n) is 7.20. The minimum Gasteiger partial charge on any atom is -0.494 e. The van der Waals surface area contributed by atoms with E-state index < -0.39 is 11.9 Å². The average Bonchev–Trinajstić information content (AvgIpc) is 3.22. The van der Waals surface area contributed by atoms with E-state index in [1.54, 1.807) is 0 Å². The average molecular weight is 421 g/mol. The van der Waals surface area contributed by atoms with Gasteiger partial charge in [-0.2, -0.15) is 27.8 Å². The Labute approximate surface area is 171 Å². The van der Waals surface area contributed by atoms with E-state index in [2.05, 4.69) is 20.4 Å². The molecule has 0 atom stereocenters. The Morgan fingerprint density at radius 3 is 2.60 bits per heavy atom. The van der Waals surface area contributed by atoms with Crippen LogP contribution in [0.5, 0.6) is 5.75 Å². The molecule has 0 amide bonds. The predicted octanol–water partition coefficient (Wildman–Crippen LogP) is 3.70. The molecule has 1 fully saturated rings. The molecule has 7 nitrogen and oxygen atoms in total. The SMILES string of the molecule is CCOc1ccc(C2(CNc3cc(C(F)(F)F)nc4ncnn34)CCOCC2)cc1. The molecule has 0 radical (unpaired) electrons. The summed E-state index contributed by atoms with van der Waals surface area (Å²) in [4.78, 5) is 7.37. The van der Waals surface area contributed by atoms with Gasteiger partial charge in [0, 0.05) is 31.2 Å². The quantitative estimate of drug-likeness (QED) is 0.654. The van der Waals surface area contributed by atoms with Gasteiger partial charge in [-0.25, -0.2) is 4.98 Å². The molecule has 2 aromatic heterocycles. The number of nitrogens with zero attached hydrogens (tertiary/aromatic N) is 4. The lowest BCUT2D eigenvalue weighted by Crippen LogP contribution is -2.40. The van der Waals surface area contributed by atoms with Gasteiger partial charge in [-0.15, -0.1) is 0 Å². The number of halogens is 3. The summed E-state index contributed by atoms with van der Waals surface area (Å²) in [7, 11) is 0. The molecule has 1 aliphatic rings. The van der Waals surface area contributed by atoms with Gasteiger partial charge in [0.15, 0.2) is 5.69 Å². The van der Waals surface area contributed by atoms with Crippen LogP contribution in [0.2, 0.25) is 0 Å². The standard InChI is InChI=1S/C20H22F3N5O2/c1-2-30-15-5-3-14(4-6-15)19(7-9-29-10-8-19)12-24-17-11-16(20(21,22)23)27-18-25-13-26-28(17)18/h3-6,11,13,24H,2,7-10,12H2,1H3. The number of fused-ring (bicyclic) bond motifs is 1. The third-order valence-corrected chi connectivity index (χ3v) is 5.38. The van der Waals surface area contributed by atoms with Crippen LogP contribution >= 0.6 is 0 Å². The zero-order valence-corrected chi connectivity index (χ0v) is 16.4. The van der Waals surface area contributed by atoms with Crippen molar-refractivity contribution in [1.29, 1.82) is 0 Å². The molecule has 10 heteroatoms. The monoisotopic (exact) mass is 421 g/mol. The van der Waals surface area contributed by atoms with Crippen molar-refractivity contribution >= 4 is 11.6 Å². The molecule has 3 heterocycles. The number of anilines is 1. The predicted molar refractivity (Wildman–Crippen MR) is 104 cm³/mol. The normalized spacial score (nSPS) is 16.5. The van der Waals surface area contributed by atoms with E-state index in [-0.39, 0.29) is 17.0 Å². The van der Waals surface area contributed by atoms with Gasteiger partial charge in [-0.3, -0.25) is 0 Å². The van der Waals surface area contributed by atoms with E-state index in [0.717, 1.165) is 30.2 Å². The molecule has 0 bridgehead atoms. The van der Waals surface area contributed by atoms with Gasteiger partial charge in [0.25, 0.3) is 5.78 Å². The summed E-state index contributed by atoms with van der Waals surface area (Å²) in [5, 5.41) is 7.17. The number of benzene rings is 1. The van der Waals surface area contributed by atoms with Crippen molar-refractivity contribution in [2.45, 2.75) is 31.4 Å². The van der Waals surface area contributed by atoms with Crippen molar-refractivity contribution in [3.05, 3.63) is 47.9 Å². The first kappa shape index (κ1) is 20.4. The van der Waals surface area contributed by atoms with E-state index in [4.69, 9.17) is 9.47 Å². The smallest absolute Gasteiger partial charge is 0.433 e. The molecule has 4 rings (SSSR count). The first-order valence-electron chi connectivity index (χ1n) is 9.74. The molecule has 1 aromatic carbocycles. The Kier molecular flexibility index (Phi) is 5.50. The van der Waals surface area contributed by atoms with E-state index >= 15 is 0 Å². The van der Waals surface area contributed by atoms with Crippen molar-refractivity contribution in [1.82, 2.24) is 19.6 Å². The lowest BCUT2D eigenvalue weighted by Gasteiger charge is -2.38. The lowest BCUT2D eigenvalue weighted by molar-refractivity contribution is -0.141. The fraction of sp³-hybridized carbons (Fsp3) is 0.450. The molecule has 0 aliphatic carbocycles. The summed E-state index contributed by atoms with van der Waals surface area (Å²) < 4.78 is 52.1. The van der Waals surface area contributed by atoms with Crippen molar-refractivity contribution in [3.8, 4) is 5.75 Å². The highest BCUT2D eigenvalue weighted by molar-refractivity contribution is 5.47. The Hall–Kier alpha value is -2.88. The number of ether oxygens (including phenoxy) is 2. The van der Waals surface area contributed by atoms with E-state index in [9.17, 15) is 13.2 Å². The van der Waals surface area contributed by atoms with Crippen LogP contribution in [0.3, 0.4) is 0 Å². The number of aromatic nitrogens is 4. The third kappa shape index (κ3) is 4.04.